The number of halogens is 1. The van der Waals surface area contributed by atoms with Crippen LogP contribution in [-0.4, -0.2) is 33.2 Å². The van der Waals surface area contributed by atoms with Gasteiger partial charge in [0.15, 0.2) is 11.5 Å². The molecule has 0 bridgehead atoms. The van der Waals surface area contributed by atoms with Gasteiger partial charge in [-0.2, -0.15) is 0 Å². The van der Waals surface area contributed by atoms with Gasteiger partial charge in [-0.25, -0.2) is 0 Å². The maximum Gasteiger partial charge on any atom is 0.224 e. The fourth-order valence-electron chi connectivity index (χ4n) is 3.55. The first-order chi connectivity index (χ1) is 13.1. The van der Waals surface area contributed by atoms with Crippen LogP contribution in [0.5, 0.6) is 11.5 Å². The Hall–Kier alpha value is -2.24. The first-order valence-electron chi connectivity index (χ1n) is 9.40. The van der Waals surface area contributed by atoms with E-state index in [-0.39, 0.29) is 30.3 Å². The van der Waals surface area contributed by atoms with Crippen LogP contribution in [0.15, 0.2) is 42.5 Å². The number of methoxy groups -OCH3 is 2. The van der Waals surface area contributed by atoms with E-state index >= 15 is 0 Å². The van der Waals surface area contributed by atoms with Crippen LogP contribution in [0.4, 0.5) is 0 Å². The van der Waals surface area contributed by atoms with Gasteiger partial charge in [0.25, 0.3) is 0 Å². The third-order valence-electron chi connectivity index (χ3n) is 5.24. The normalized spacial score (nSPS) is 16.8. The van der Waals surface area contributed by atoms with Gasteiger partial charge in [-0.3, -0.25) is 4.79 Å². The van der Waals surface area contributed by atoms with Crippen molar-refractivity contribution < 1.29 is 14.3 Å². The van der Waals surface area contributed by atoms with Gasteiger partial charge >= 0.3 is 0 Å². The fourth-order valence-corrected chi connectivity index (χ4v) is 3.55. The molecule has 1 amide bonds. The molecule has 0 aliphatic carbocycles. The summed E-state index contributed by atoms with van der Waals surface area (Å²) in [6.45, 7) is 3.75. The van der Waals surface area contributed by atoms with E-state index in [1.165, 1.54) is 11.1 Å². The number of benzene rings is 2. The molecule has 1 aliphatic rings. The van der Waals surface area contributed by atoms with Gasteiger partial charge in [-0.15, -0.1) is 12.4 Å². The molecule has 2 aromatic carbocycles. The quantitative estimate of drug-likeness (QED) is 0.742. The Bertz CT molecular complexity index is 791. The number of nitrogens with one attached hydrogen (secondary N) is 2. The molecule has 6 heteroatoms. The molecule has 2 unspecified atom stereocenters. The summed E-state index contributed by atoms with van der Waals surface area (Å²) >= 11 is 0. The molecule has 3 rings (SSSR count). The Morgan fingerprint density at radius 3 is 2.57 bits per heavy atom. The van der Waals surface area contributed by atoms with Crippen molar-refractivity contribution in [3.8, 4) is 11.5 Å². The maximum atomic E-state index is 12.8. The second-order valence-electron chi connectivity index (χ2n) is 7.00. The summed E-state index contributed by atoms with van der Waals surface area (Å²) in [4.78, 5) is 12.8. The summed E-state index contributed by atoms with van der Waals surface area (Å²) in [5, 5.41) is 6.53. The largest absolute Gasteiger partial charge is 0.493 e. The highest BCUT2D eigenvalue weighted by molar-refractivity contribution is 5.85. The molecular weight excluding hydrogens is 376 g/mol. The van der Waals surface area contributed by atoms with E-state index in [2.05, 4.69) is 29.7 Å². The van der Waals surface area contributed by atoms with Crippen molar-refractivity contribution in [2.75, 3.05) is 27.3 Å². The number of amides is 1. The van der Waals surface area contributed by atoms with Gasteiger partial charge in [-0.1, -0.05) is 30.3 Å². The number of carbonyl (C=O) groups excluding carboxylic acids is 1. The Morgan fingerprint density at radius 1 is 1.18 bits per heavy atom. The Labute approximate surface area is 173 Å². The highest BCUT2D eigenvalue weighted by Crippen LogP contribution is 2.31. The van der Waals surface area contributed by atoms with Gasteiger partial charge in [-0.05, 0) is 55.1 Å². The number of hydrogen-bond donors (Lipinski definition) is 2. The lowest BCUT2D eigenvalue weighted by Crippen LogP contribution is -2.36. The molecule has 152 valence electrons. The van der Waals surface area contributed by atoms with E-state index in [0.29, 0.717) is 11.5 Å². The van der Waals surface area contributed by atoms with Crippen molar-refractivity contribution >= 4 is 18.3 Å². The van der Waals surface area contributed by atoms with Gasteiger partial charge in [0, 0.05) is 6.54 Å². The molecule has 2 atom stereocenters. The van der Waals surface area contributed by atoms with E-state index in [4.69, 9.17) is 9.47 Å². The molecule has 0 aromatic heterocycles. The molecule has 5 nitrogen and oxygen atoms in total. The van der Waals surface area contributed by atoms with Crippen molar-refractivity contribution in [1.29, 1.82) is 0 Å². The first-order valence-corrected chi connectivity index (χ1v) is 9.40. The SMILES string of the molecule is COc1ccc(C(Cc2ccccc2C)NC(=O)C2CCNC2)cc1OC.Cl. The monoisotopic (exact) mass is 404 g/mol. The van der Waals surface area contributed by atoms with Crippen molar-refractivity contribution in [2.24, 2.45) is 5.92 Å². The van der Waals surface area contributed by atoms with Crippen LogP contribution in [0, 0.1) is 12.8 Å². The number of hydrogen-bond acceptors (Lipinski definition) is 4. The van der Waals surface area contributed by atoms with E-state index in [9.17, 15) is 4.79 Å². The van der Waals surface area contributed by atoms with E-state index in [1.54, 1.807) is 14.2 Å². The second kappa shape index (κ2) is 10.3. The molecular formula is C22H29ClN2O3. The van der Waals surface area contributed by atoms with E-state index < -0.39 is 0 Å². The zero-order chi connectivity index (χ0) is 19.2. The molecule has 0 radical (unpaired) electrons. The lowest BCUT2D eigenvalue weighted by atomic mass is 9.95. The zero-order valence-electron chi connectivity index (χ0n) is 16.7. The van der Waals surface area contributed by atoms with Crippen LogP contribution in [0.25, 0.3) is 0 Å². The van der Waals surface area contributed by atoms with Crippen LogP contribution in [-0.2, 0) is 11.2 Å². The van der Waals surface area contributed by atoms with Gasteiger partial charge in [0.05, 0.1) is 26.2 Å². The molecule has 0 spiro atoms. The van der Waals surface area contributed by atoms with E-state index in [0.717, 1.165) is 31.5 Å². The lowest BCUT2D eigenvalue weighted by molar-refractivity contribution is -0.125. The summed E-state index contributed by atoms with van der Waals surface area (Å²) in [6, 6.07) is 14.0. The number of ether oxygens (including phenoxy) is 2. The minimum atomic E-state index is -0.126. The smallest absolute Gasteiger partial charge is 0.224 e. The minimum absolute atomic E-state index is 0. The summed E-state index contributed by atoms with van der Waals surface area (Å²) < 4.78 is 10.8. The third-order valence-corrected chi connectivity index (χ3v) is 5.24. The lowest BCUT2D eigenvalue weighted by Gasteiger charge is -2.23. The number of aryl methyl sites for hydroxylation is 1. The standard InChI is InChI=1S/C22H28N2O3.ClH/c1-15-6-4-5-7-16(15)12-19(24-22(25)18-10-11-23-14-18)17-8-9-20(26-2)21(13-17)27-3;/h4-9,13,18-19,23H,10-12,14H2,1-3H3,(H,24,25);1H. The predicted molar refractivity (Wildman–Crippen MR) is 114 cm³/mol. The average Bonchev–Trinajstić information content (AvgIpc) is 3.23. The van der Waals surface area contributed by atoms with Crippen LogP contribution in [0.2, 0.25) is 0 Å². The summed E-state index contributed by atoms with van der Waals surface area (Å²) in [6.07, 6.45) is 1.61. The van der Waals surface area contributed by atoms with Crippen LogP contribution < -0.4 is 20.1 Å². The molecule has 0 saturated carbocycles. The molecule has 2 aromatic rings. The molecule has 1 aliphatic heterocycles. The topological polar surface area (TPSA) is 59.6 Å². The van der Waals surface area contributed by atoms with Crippen molar-refractivity contribution in [1.82, 2.24) is 10.6 Å². The third kappa shape index (κ3) is 5.18. The molecule has 1 saturated heterocycles. The fraction of sp³-hybridized carbons (Fsp3) is 0.409. The highest BCUT2D eigenvalue weighted by atomic mass is 35.5. The Kier molecular flexibility index (Phi) is 8.15. The molecule has 28 heavy (non-hydrogen) atoms. The van der Waals surface area contributed by atoms with Gasteiger partial charge in [0.1, 0.15) is 0 Å². The highest BCUT2D eigenvalue weighted by Gasteiger charge is 2.26. The molecule has 1 fully saturated rings. The summed E-state index contributed by atoms with van der Waals surface area (Å²) in [7, 11) is 3.25. The second-order valence-corrected chi connectivity index (χ2v) is 7.00. The molecule has 1 heterocycles. The van der Waals surface area contributed by atoms with Crippen molar-refractivity contribution in [3.05, 3.63) is 59.2 Å². The first kappa shape index (κ1) is 22.1. The van der Waals surface area contributed by atoms with Crippen LogP contribution in [0.3, 0.4) is 0 Å². The van der Waals surface area contributed by atoms with Crippen molar-refractivity contribution in [3.63, 3.8) is 0 Å². The Morgan fingerprint density at radius 2 is 1.93 bits per heavy atom. The van der Waals surface area contributed by atoms with Gasteiger partial charge < -0.3 is 20.1 Å². The maximum absolute atomic E-state index is 12.8. The van der Waals surface area contributed by atoms with E-state index in [1.807, 2.05) is 30.3 Å². The summed E-state index contributed by atoms with van der Waals surface area (Å²) in [5.74, 6) is 1.49. The zero-order valence-corrected chi connectivity index (χ0v) is 17.5. The number of rotatable bonds is 7. The average molecular weight is 405 g/mol. The van der Waals surface area contributed by atoms with Crippen LogP contribution >= 0.6 is 12.4 Å². The number of carbonyl (C=O) groups is 1. The minimum Gasteiger partial charge on any atom is -0.493 e. The summed E-state index contributed by atoms with van der Waals surface area (Å²) in [5.41, 5.74) is 3.46. The Balaban J connectivity index is 0.00000280. The van der Waals surface area contributed by atoms with Crippen molar-refractivity contribution in [2.45, 2.75) is 25.8 Å². The molecule has 2 N–H and O–H groups in total. The predicted octanol–water partition coefficient (Wildman–Crippen LogP) is 3.44. The van der Waals surface area contributed by atoms with Crippen LogP contribution in [0.1, 0.15) is 29.2 Å². The van der Waals surface area contributed by atoms with Gasteiger partial charge in [0.2, 0.25) is 5.91 Å².